The van der Waals surface area contributed by atoms with Crippen molar-refractivity contribution in [3.8, 4) is 0 Å². The summed E-state index contributed by atoms with van der Waals surface area (Å²) in [7, 11) is 1.85. The second-order valence-electron chi connectivity index (χ2n) is 6.44. The summed E-state index contributed by atoms with van der Waals surface area (Å²) in [6.07, 6.45) is 7.04. The molecule has 0 bridgehead atoms. The van der Waals surface area contributed by atoms with E-state index >= 15 is 0 Å². The van der Waals surface area contributed by atoms with Crippen LogP contribution in [0.5, 0.6) is 0 Å². The quantitative estimate of drug-likeness (QED) is 0.803. The molecule has 1 unspecified atom stereocenters. The number of nitrogens with one attached hydrogen (secondary N) is 1. The molecule has 1 saturated carbocycles. The van der Waals surface area contributed by atoms with Crippen LogP contribution in [0.25, 0.3) is 0 Å². The number of rotatable bonds is 4. The second kappa shape index (κ2) is 4.87. The van der Waals surface area contributed by atoms with Crippen LogP contribution in [0.1, 0.15) is 32.1 Å². The van der Waals surface area contributed by atoms with E-state index in [1.54, 1.807) is 0 Å². The molecule has 3 aliphatic rings. The minimum absolute atomic E-state index is 0.614. The summed E-state index contributed by atoms with van der Waals surface area (Å²) in [6, 6.07) is 0.693. The van der Waals surface area contributed by atoms with Crippen molar-refractivity contribution in [2.45, 2.75) is 38.1 Å². The zero-order valence-electron chi connectivity index (χ0n) is 11.1. The molecule has 1 atom stereocenters. The molecule has 98 valence electrons. The van der Waals surface area contributed by atoms with Crippen LogP contribution in [0, 0.1) is 11.3 Å². The molecule has 3 rings (SSSR count). The lowest BCUT2D eigenvalue weighted by Gasteiger charge is -2.33. The minimum Gasteiger partial charge on any atom is -0.383 e. The van der Waals surface area contributed by atoms with Gasteiger partial charge in [0, 0.05) is 26.2 Å². The Morgan fingerprint density at radius 2 is 2.06 bits per heavy atom. The van der Waals surface area contributed by atoms with Gasteiger partial charge in [-0.15, -0.1) is 0 Å². The van der Waals surface area contributed by atoms with Gasteiger partial charge in [-0.25, -0.2) is 0 Å². The molecule has 0 aromatic heterocycles. The number of ether oxygens (including phenoxy) is 1. The molecular weight excluding hydrogens is 212 g/mol. The molecule has 2 heterocycles. The smallest absolute Gasteiger partial charge is 0.0618 e. The highest BCUT2D eigenvalue weighted by Gasteiger charge is 2.45. The van der Waals surface area contributed by atoms with Gasteiger partial charge >= 0.3 is 0 Å². The first-order valence-corrected chi connectivity index (χ1v) is 7.25. The molecule has 0 aromatic rings. The fourth-order valence-corrected chi connectivity index (χ4v) is 3.78. The van der Waals surface area contributed by atoms with Crippen LogP contribution in [0.4, 0.5) is 0 Å². The molecule has 3 nitrogen and oxygen atoms in total. The van der Waals surface area contributed by atoms with Gasteiger partial charge in [0.2, 0.25) is 0 Å². The van der Waals surface area contributed by atoms with Crippen molar-refractivity contribution in [1.82, 2.24) is 10.2 Å². The van der Waals surface area contributed by atoms with Crippen LogP contribution in [0.3, 0.4) is 0 Å². The Morgan fingerprint density at radius 1 is 1.29 bits per heavy atom. The molecule has 3 fully saturated rings. The van der Waals surface area contributed by atoms with E-state index in [-0.39, 0.29) is 0 Å². The molecule has 0 radical (unpaired) electrons. The number of likely N-dealkylation sites (tertiary alicyclic amines) is 1. The van der Waals surface area contributed by atoms with Crippen molar-refractivity contribution in [2.24, 2.45) is 11.3 Å². The van der Waals surface area contributed by atoms with Crippen LogP contribution in [-0.4, -0.2) is 50.8 Å². The first-order valence-electron chi connectivity index (χ1n) is 7.25. The molecule has 3 heteroatoms. The van der Waals surface area contributed by atoms with E-state index in [9.17, 15) is 0 Å². The van der Waals surface area contributed by atoms with Gasteiger partial charge in [-0.3, -0.25) is 4.90 Å². The summed E-state index contributed by atoms with van der Waals surface area (Å²) in [5.41, 5.74) is 0.614. The summed E-state index contributed by atoms with van der Waals surface area (Å²) in [6.45, 7) is 6.04. The second-order valence-corrected chi connectivity index (χ2v) is 6.44. The topological polar surface area (TPSA) is 24.5 Å². The van der Waals surface area contributed by atoms with Gasteiger partial charge in [-0.05, 0) is 56.5 Å². The van der Waals surface area contributed by atoms with E-state index in [1.807, 2.05) is 7.11 Å². The van der Waals surface area contributed by atoms with Gasteiger partial charge in [-0.1, -0.05) is 0 Å². The Kier molecular flexibility index (Phi) is 3.42. The van der Waals surface area contributed by atoms with Crippen molar-refractivity contribution in [3.63, 3.8) is 0 Å². The molecule has 1 N–H and O–H groups in total. The first kappa shape index (κ1) is 11.9. The molecule has 0 amide bonds. The molecule has 2 saturated heterocycles. The first-order chi connectivity index (χ1) is 8.31. The number of nitrogens with zero attached hydrogens (tertiary/aromatic N) is 1. The summed E-state index contributed by atoms with van der Waals surface area (Å²) in [5, 5.41) is 3.50. The van der Waals surface area contributed by atoms with Gasteiger partial charge in [-0.2, -0.15) is 0 Å². The highest BCUT2D eigenvalue weighted by molar-refractivity contribution is 4.99. The largest absolute Gasteiger partial charge is 0.383 e. The molecule has 1 spiro atoms. The van der Waals surface area contributed by atoms with Gasteiger partial charge in [0.05, 0.1) is 6.61 Å². The van der Waals surface area contributed by atoms with Crippen molar-refractivity contribution < 1.29 is 4.74 Å². The summed E-state index contributed by atoms with van der Waals surface area (Å²) in [4.78, 5) is 2.74. The van der Waals surface area contributed by atoms with Crippen molar-refractivity contribution in [3.05, 3.63) is 0 Å². The van der Waals surface area contributed by atoms with E-state index in [2.05, 4.69) is 10.2 Å². The monoisotopic (exact) mass is 238 g/mol. The standard InChI is InChI=1S/C14H26N2O/c1-17-10-13-8-14(4-6-15-7-5-14)11-16(13)9-12-2-3-12/h12-13,15H,2-11H2,1H3. The Bertz CT molecular complexity index is 259. The van der Waals surface area contributed by atoms with Crippen LogP contribution < -0.4 is 5.32 Å². The molecule has 17 heavy (non-hydrogen) atoms. The van der Waals surface area contributed by atoms with Crippen LogP contribution >= 0.6 is 0 Å². The van der Waals surface area contributed by atoms with E-state index in [0.29, 0.717) is 11.5 Å². The highest BCUT2D eigenvalue weighted by atomic mass is 16.5. The molecular formula is C14H26N2O. The predicted octanol–water partition coefficient (Wildman–Crippen LogP) is 1.49. The average Bonchev–Trinajstić information content (AvgIpc) is 3.07. The maximum Gasteiger partial charge on any atom is 0.0618 e. The fraction of sp³-hybridized carbons (Fsp3) is 1.00. The van der Waals surface area contributed by atoms with E-state index in [1.165, 1.54) is 58.3 Å². The van der Waals surface area contributed by atoms with Crippen molar-refractivity contribution in [2.75, 3.05) is 39.9 Å². The lowest BCUT2D eigenvalue weighted by atomic mass is 9.77. The number of piperidine rings is 1. The summed E-state index contributed by atoms with van der Waals surface area (Å²) >= 11 is 0. The van der Waals surface area contributed by atoms with E-state index < -0.39 is 0 Å². The van der Waals surface area contributed by atoms with Crippen molar-refractivity contribution in [1.29, 1.82) is 0 Å². The molecule has 0 aromatic carbocycles. The Hall–Kier alpha value is -0.120. The van der Waals surface area contributed by atoms with E-state index in [4.69, 9.17) is 4.74 Å². The zero-order chi connectivity index (χ0) is 11.7. The summed E-state index contributed by atoms with van der Waals surface area (Å²) in [5.74, 6) is 1.01. The lowest BCUT2D eigenvalue weighted by molar-refractivity contribution is 0.113. The normalized spacial score (nSPS) is 33.4. The molecule has 2 aliphatic heterocycles. The predicted molar refractivity (Wildman–Crippen MR) is 69.1 cm³/mol. The minimum atomic E-state index is 0.614. The average molecular weight is 238 g/mol. The number of methoxy groups -OCH3 is 1. The van der Waals surface area contributed by atoms with Gasteiger partial charge in [0.25, 0.3) is 0 Å². The van der Waals surface area contributed by atoms with Gasteiger partial charge < -0.3 is 10.1 Å². The summed E-state index contributed by atoms with van der Waals surface area (Å²) < 4.78 is 5.43. The maximum absolute atomic E-state index is 5.43. The molecule has 1 aliphatic carbocycles. The Morgan fingerprint density at radius 3 is 2.71 bits per heavy atom. The van der Waals surface area contributed by atoms with Crippen LogP contribution in [-0.2, 0) is 4.74 Å². The number of hydrogen-bond acceptors (Lipinski definition) is 3. The van der Waals surface area contributed by atoms with Gasteiger partial charge in [0.1, 0.15) is 0 Å². The fourth-order valence-electron chi connectivity index (χ4n) is 3.78. The Balaban J connectivity index is 1.64. The third kappa shape index (κ3) is 2.67. The van der Waals surface area contributed by atoms with Crippen LogP contribution in [0.2, 0.25) is 0 Å². The van der Waals surface area contributed by atoms with E-state index in [0.717, 1.165) is 12.5 Å². The SMILES string of the molecule is COCC1CC2(CCNCC2)CN1CC1CC1. The maximum atomic E-state index is 5.43. The highest BCUT2D eigenvalue weighted by Crippen LogP contribution is 2.43. The lowest BCUT2D eigenvalue weighted by Crippen LogP contribution is -2.39. The third-order valence-electron chi connectivity index (χ3n) is 4.94. The third-order valence-corrected chi connectivity index (χ3v) is 4.94. The van der Waals surface area contributed by atoms with Crippen LogP contribution in [0.15, 0.2) is 0 Å². The number of hydrogen-bond donors (Lipinski definition) is 1. The van der Waals surface area contributed by atoms with Gasteiger partial charge in [0.15, 0.2) is 0 Å². The zero-order valence-corrected chi connectivity index (χ0v) is 11.1. The van der Waals surface area contributed by atoms with Crippen molar-refractivity contribution >= 4 is 0 Å². The Labute approximate surface area is 105 Å².